The van der Waals surface area contributed by atoms with Crippen molar-refractivity contribution in [2.75, 3.05) is 12.3 Å². The van der Waals surface area contributed by atoms with Gasteiger partial charge in [-0.2, -0.15) is 17.0 Å². The maximum absolute atomic E-state index is 8.95. The van der Waals surface area contributed by atoms with E-state index in [-0.39, 0.29) is 0 Å². The minimum atomic E-state index is 0.524. The van der Waals surface area contributed by atoms with Gasteiger partial charge in [0.15, 0.2) is 0 Å². The maximum atomic E-state index is 8.95. The van der Waals surface area contributed by atoms with Crippen LogP contribution in [0.4, 0.5) is 0 Å². The molecule has 0 saturated heterocycles. The number of aromatic nitrogens is 1. The first kappa shape index (κ1) is 17.9. The summed E-state index contributed by atoms with van der Waals surface area (Å²) in [5, 5.41) is 13.9. The van der Waals surface area contributed by atoms with Gasteiger partial charge >= 0.3 is 0 Å². The van der Waals surface area contributed by atoms with E-state index >= 15 is 0 Å². The van der Waals surface area contributed by atoms with Crippen LogP contribution < -0.4 is 5.32 Å². The highest BCUT2D eigenvalue weighted by atomic mass is 32.2. The van der Waals surface area contributed by atoms with Crippen molar-refractivity contribution in [1.82, 2.24) is 10.3 Å². The molecule has 27 heavy (non-hydrogen) atoms. The number of benzene rings is 2. The highest BCUT2D eigenvalue weighted by Gasteiger charge is 2.16. The summed E-state index contributed by atoms with van der Waals surface area (Å²) in [5.41, 5.74) is 5.97. The number of nitrogens with zero attached hydrogens (tertiary/aromatic N) is 1. The molecule has 4 rings (SSSR count). The number of thioether (sulfide) groups is 1. The van der Waals surface area contributed by atoms with Gasteiger partial charge in [-0.3, -0.25) is 0 Å². The van der Waals surface area contributed by atoms with Crippen molar-refractivity contribution in [2.24, 2.45) is 0 Å². The van der Waals surface area contributed by atoms with Crippen LogP contribution in [0.2, 0.25) is 0 Å². The lowest BCUT2D eigenvalue weighted by Gasteiger charge is -2.24. The second kappa shape index (κ2) is 8.47. The lowest BCUT2D eigenvalue weighted by atomic mass is 9.94. The first-order valence-electron chi connectivity index (χ1n) is 9.39. The number of nitriles is 1. The van der Waals surface area contributed by atoms with Gasteiger partial charge in [0, 0.05) is 35.4 Å². The summed E-state index contributed by atoms with van der Waals surface area (Å²) in [7, 11) is 0. The summed E-state index contributed by atoms with van der Waals surface area (Å²) >= 11 is 2.01. The third-order valence-electron chi connectivity index (χ3n) is 5.15. The molecule has 2 N–H and O–H groups in total. The number of nitrogens with one attached hydrogen (secondary N) is 2. The first-order valence-corrected chi connectivity index (χ1v) is 10.5. The topological polar surface area (TPSA) is 51.6 Å². The van der Waals surface area contributed by atoms with Crippen molar-refractivity contribution in [3.63, 3.8) is 0 Å². The average molecular weight is 374 g/mol. The zero-order valence-electron chi connectivity index (χ0n) is 15.2. The van der Waals surface area contributed by atoms with E-state index in [1.54, 1.807) is 0 Å². The molecule has 0 amide bonds. The van der Waals surface area contributed by atoms with E-state index in [1.165, 1.54) is 34.0 Å². The van der Waals surface area contributed by atoms with Crippen molar-refractivity contribution < 1.29 is 0 Å². The fourth-order valence-electron chi connectivity index (χ4n) is 3.63. The molecule has 0 bridgehead atoms. The van der Waals surface area contributed by atoms with Crippen LogP contribution in [-0.4, -0.2) is 23.3 Å². The summed E-state index contributed by atoms with van der Waals surface area (Å²) in [4.78, 5) is 3.36. The third kappa shape index (κ3) is 4.27. The molecule has 0 aliphatic carbocycles. The van der Waals surface area contributed by atoms with Crippen LogP contribution in [0.15, 0.2) is 60.8 Å². The van der Waals surface area contributed by atoms with Crippen LogP contribution >= 0.6 is 11.8 Å². The zero-order chi connectivity index (χ0) is 18.5. The van der Waals surface area contributed by atoms with Crippen LogP contribution in [-0.2, 0) is 5.75 Å². The Bertz CT molecular complexity index is 979. The molecule has 0 fully saturated rings. The van der Waals surface area contributed by atoms with Gasteiger partial charge in [-0.1, -0.05) is 36.4 Å². The Morgan fingerprint density at radius 2 is 1.96 bits per heavy atom. The molecule has 1 aromatic heterocycles. The smallest absolute Gasteiger partial charge is 0.0991 e. The minimum absolute atomic E-state index is 0.524. The zero-order valence-corrected chi connectivity index (χ0v) is 16.1. The van der Waals surface area contributed by atoms with Crippen molar-refractivity contribution in [3.05, 3.63) is 77.5 Å². The van der Waals surface area contributed by atoms with Crippen LogP contribution in [0.25, 0.3) is 16.5 Å². The van der Waals surface area contributed by atoms with Crippen molar-refractivity contribution >= 4 is 28.2 Å². The average Bonchev–Trinajstić information content (AvgIpc) is 3.15. The van der Waals surface area contributed by atoms with Crippen LogP contribution in [0.1, 0.15) is 29.5 Å². The Morgan fingerprint density at radius 1 is 1.11 bits per heavy atom. The predicted octanol–water partition coefficient (Wildman–Crippen LogP) is 5.11. The monoisotopic (exact) mass is 373 g/mol. The quantitative estimate of drug-likeness (QED) is 0.591. The third-order valence-corrected chi connectivity index (χ3v) is 6.19. The number of hydrogen-bond acceptors (Lipinski definition) is 3. The van der Waals surface area contributed by atoms with Gasteiger partial charge in [0.25, 0.3) is 0 Å². The number of H-pyrrole nitrogens is 1. The number of rotatable bonds is 6. The van der Waals surface area contributed by atoms with Gasteiger partial charge in [-0.25, -0.2) is 0 Å². The second-order valence-corrected chi connectivity index (χ2v) is 8.03. The fraction of sp³-hybridized carbons (Fsp3) is 0.261. The van der Waals surface area contributed by atoms with Gasteiger partial charge < -0.3 is 10.3 Å². The van der Waals surface area contributed by atoms with Crippen LogP contribution in [0.5, 0.6) is 0 Å². The SMILES string of the molecule is N#Cc1ccc(C2=CCNC(CCSCc3c[nH]c4ccccc34)C2)cc1. The summed E-state index contributed by atoms with van der Waals surface area (Å²) in [6.45, 7) is 0.924. The van der Waals surface area contributed by atoms with E-state index in [0.717, 1.165) is 30.0 Å². The van der Waals surface area contributed by atoms with Gasteiger partial charge in [-0.05, 0) is 53.5 Å². The molecule has 2 aromatic carbocycles. The first-order chi connectivity index (χ1) is 13.3. The van der Waals surface area contributed by atoms with Crippen molar-refractivity contribution in [1.29, 1.82) is 5.26 Å². The van der Waals surface area contributed by atoms with E-state index < -0.39 is 0 Å². The number of fused-ring (bicyclic) bond motifs is 1. The van der Waals surface area contributed by atoms with Gasteiger partial charge in [0.1, 0.15) is 0 Å². The summed E-state index contributed by atoms with van der Waals surface area (Å²) in [6, 6.07) is 19.2. The molecule has 1 aliphatic rings. The Kier molecular flexibility index (Phi) is 5.62. The van der Waals surface area contributed by atoms with Crippen LogP contribution in [0.3, 0.4) is 0 Å². The Balaban J connectivity index is 1.28. The molecule has 1 atom stereocenters. The Hall–Kier alpha value is -2.48. The number of hydrogen-bond donors (Lipinski definition) is 2. The molecule has 3 aromatic rings. The lowest BCUT2D eigenvalue weighted by molar-refractivity contribution is 0.525. The fourth-order valence-corrected chi connectivity index (χ4v) is 4.68. The predicted molar refractivity (Wildman–Crippen MR) is 115 cm³/mol. The van der Waals surface area contributed by atoms with Gasteiger partial charge in [-0.15, -0.1) is 0 Å². The number of para-hydroxylation sites is 1. The second-order valence-electron chi connectivity index (χ2n) is 6.93. The van der Waals surface area contributed by atoms with Crippen LogP contribution in [0, 0.1) is 11.3 Å². The number of aromatic amines is 1. The van der Waals surface area contributed by atoms with E-state index in [2.05, 4.69) is 65.0 Å². The molecule has 0 spiro atoms. The molecule has 0 saturated carbocycles. The maximum Gasteiger partial charge on any atom is 0.0991 e. The minimum Gasteiger partial charge on any atom is -0.361 e. The highest BCUT2D eigenvalue weighted by molar-refractivity contribution is 7.98. The van der Waals surface area contributed by atoms with Gasteiger partial charge in [0.05, 0.1) is 11.6 Å². The highest BCUT2D eigenvalue weighted by Crippen LogP contribution is 2.26. The summed E-state index contributed by atoms with van der Waals surface area (Å²) in [5.74, 6) is 2.20. The largest absolute Gasteiger partial charge is 0.361 e. The Labute approximate surface area is 164 Å². The normalized spacial score (nSPS) is 16.9. The standard InChI is InChI=1S/C23H23N3S/c24-14-17-5-7-18(8-6-17)19-9-11-25-21(13-19)10-12-27-16-20-15-26-23-4-2-1-3-22(20)23/h1-9,15,21,25-26H,10-13,16H2. The molecule has 2 heterocycles. The molecule has 1 unspecified atom stereocenters. The molecule has 4 heteroatoms. The van der Waals surface area contributed by atoms with Crippen molar-refractivity contribution in [2.45, 2.75) is 24.6 Å². The molecular weight excluding hydrogens is 350 g/mol. The van der Waals surface area contributed by atoms with E-state index in [9.17, 15) is 0 Å². The molecular formula is C23H23N3S. The summed E-state index contributed by atoms with van der Waals surface area (Å²) in [6.07, 6.45) is 6.64. The van der Waals surface area contributed by atoms with E-state index in [0.29, 0.717) is 6.04 Å². The molecule has 136 valence electrons. The molecule has 3 nitrogen and oxygen atoms in total. The summed E-state index contributed by atoms with van der Waals surface area (Å²) < 4.78 is 0. The van der Waals surface area contributed by atoms with Gasteiger partial charge in [0.2, 0.25) is 0 Å². The van der Waals surface area contributed by atoms with Crippen molar-refractivity contribution in [3.8, 4) is 6.07 Å². The Morgan fingerprint density at radius 3 is 2.81 bits per heavy atom. The lowest BCUT2D eigenvalue weighted by Crippen LogP contribution is -2.33. The molecule has 1 aliphatic heterocycles. The molecule has 0 radical (unpaired) electrons. The van der Waals surface area contributed by atoms with E-state index in [4.69, 9.17) is 5.26 Å². The van der Waals surface area contributed by atoms with E-state index in [1.807, 2.05) is 23.9 Å².